The van der Waals surface area contributed by atoms with Crippen LogP contribution < -0.4 is 16.0 Å². The minimum atomic E-state index is -0.582. The van der Waals surface area contributed by atoms with E-state index in [2.05, 4.69) is 31.1 Å². The smallest absolute Gasteiger partial charge is 0.325 e. The van der Waals surface area contributed by atoms with Crippen LogP contribution in [0.3, 0.4) is 0 Å². The number of aromatic nitrogens is 3. The number of fused-ring (bicyclic) bond motifs is 1. The van der Waals surface area contributed by atoms with Gasteiger partial charge in [-0.3, -0.25) is 10.1 Å². The summed E-state index contributed by atoms with van der Waals surface area (Å²) in [6.45, 7) is 0. The number of phenols is 1. The molecule has 12 heteroatoms. The summed E-state index contributed by atoms with van der Waals surface area (Å²) < 4.78 is 0. The van der Waals surface area contributed by atoms with Crippen molar-refractivity contribution in [3.05, 3.63) is 82.5 Å². The zero-order chi connectivity index (χ0) is 25.2. The van der Waals surface area contributed by atoms with Gasteiger partial charge < -0.3 is 20.7 Å². The van der Waals surface area contributed by atoms with Crippen molar-refractivity contribution in [1.29, 1.82) is 0 Å². The lowest BCUT2D eigenvalue weighted by Crippen LogP contribution is -2.20. The van der Waals surface area contributed by atoms with Gasteiger partial charge in [0, 0.05) is 39.1 Å². The number of anilines is 3. The predicted molar refractivity (Wildman–Crippen MR) is 142 cm³/mol. The van der Waals surface area contributed by atoms with Crippen LogP contribution in [0, 0.1) is 0 Å². The van der Waals surface area contributed by atoms with Gasteiger partial charge in [0.25, 0.3) is 5.91 Å². The van der Waals surface area contributed by atoms with E-state index in [0.29, 0.717) is 32.5 Å². The first-order chi connectivity index (χ1) is 17.4. The molecule has 0 spiro atoms. The number of benzene rings is 3. The molecule has 0 radical (unpaired) electrons. The lowest BCUT2D eigenvalue weighted by atomic mass is 10.1. The van der Waals surface area contributed by atoms with E-state index in [1.165, 1.54) is 12.1 Å². The lowest BCUT2D eigenvalue weighted by Gasteiger charge is -2.09. The van der Waals surface area contributed by atoms with E-state index >= 15 is 0 Å². The van der Waals surface area contributed by atoms with Crippen molar-refractivity contribution in [1.82, 2.24) is 15.2 Å². The van der Waals surface area contributed by atoms with Crippen LogP contribution >= 0.6 is 34.5 Å². The molecule has 2 aromatic heterocycles. The summed E-state index contributed by atoms with van der Waals surface area (Å²) in [6, 6.07) is 16.3. The minimum absolute atomic E-state index is 0.0777. The molecule has 3 amide bonds. The maximum atomic E-state index is 12.7. The van der Waals surface area contributed by atoms with E-state index in [-0.39, 0.29) is 21.8 Å². The third-order valence-corrected chi connectivity index (χ3v) is 6.48. The number of amides is 3. The fraction of sp³-hybridized carbons (Fsp3) is 0. The third kappa shape index (κ3) is 5.10. The van der Waals surface area contributed by atoms with Gasteiger partial charge in [-0.25, -0.2) is 4.79 Å². The first-order valence-electron chi connectivity index (χ1n) is 10.4. The first kappa shape index (κ1) is 23.6. The number of urea groups is 1. The molecule has 2 heterocycles. The highest BCUT2D eigenvalue weighted by molar-refractivity contribution is 7.18. The molecule has 0 saturated carbocycles. The Balaban J connectivity index is 1.24. The van der Waals surface area contributed by atoms with Crippen molar-refractivity contribution in [2.75, 3.05) is 16.0 Å². The van der Waals surface area contributed by atoms with Crippen LogP contribution in [0.5, 0.6) is 5.75 Å². The molecule has 0 saturated heterocycles. The zero-order valence-electron chi connectivity index (χ0n) is 18.2. The Morgan fingerprint density at radius 2 is 1.75 bits per heavy atom. The van der Waals surface area contributed by atoms with Gasteiger partial charge in [-0.2, -0.15) is 0 Å². The predicted octanol–water partition coefficient (Wildman–Crippen LogP) is 6.60. The van der Waals surface area contributed by atoms with Crippen molar-refractivity contribution >= 4 is 73.9 Å². The summed E-state index contributed by atoms with van der Waals surface area (Å²) in [5.41, 5.74) is 2.70. The number of aromatic hydroxyl groups is 1. The topological polar surface area (TPSA) is 132 Å². The molecule has 5 rings (SSSR count). The van der Waals surface area contributed by atoms with Gasteiger partial charge in [0.05, 0.1) is 10.6 Å². The van der Waals surface area contributed by atoms with Crippen LogP contribution in [0.2, 0.25) is 10.0 Å². The summed E-state index contributed by atoms with van der Waals surface area (Å²) in [6.07, 6.45) is 1.83. The van der Waals surface area contributed by atoms with Crippen LogP contribution in [0.1, 0.15) is 10.4 Å². The van der Waals surface area contributed by atoms with Gasteiger partial charge in [-0.05, 0) is 54.6 Å². The standard InChI is InChI=1S/C24H16Cl2N6O3S/c25-14-10-17(20(33)18(26)11-14)22-31-32-24(36-22)30-23(35)29-15-3-1-2-13(9-15)21(34)28-16-4-5-19-12(8-16)6-7-27-19/h1-11,27,33H,(H,28,34)(H2,29,30,32,35). The Labute approximate surface area is 218 Å². The Morgan fingerprint density at radius 3 is 2.61 bits per heavy atom. The number of carbonyl (C=O) groups excluding carboxylic acids is 2. The molecule has 0 unspecified atom stereocenters. The molecule has 5 N–H and O–H groups in total. The number of hydrogen-bond donors (Lipinski definition) is 5. The van der Waals surface area contributed by atoms with Crippen LogP contribution in [0.15, 0.2) is 66.9 Å². The van der Waals surface area contributed by atoms with Crippen molar-refractivity contribution < 1.29 is 14.7 Å². The van der Waals surface area contributed by atoms with Gasteiger partial charge in [0.2, 0.25) is 5.13 Å². The molecule has 9 nitrogen and oxygen atoms in total. The molecule has 5 aromatic rings. The molecular weight excluding hydrogens is 523 g/mol. The fourth-order valence-electron chi connectivity index (χ4n) is 3.44. The molecular formula is C24H16Cl2N6O3S. The second kappa shape index (κ2) is 9.86. The summed E-state index contributed by atoms with van der Waals surface area (Å²) in [7, 11) is 0. The van der Waals surface area contributed by atoms with Gasteiger partial charge in [-0.15, -0.1) is 10.2 Å². The average Bonchev–Trinajstić information content (AvgIpc) is 3.50. The number of rotatable bonds is 5. The number of nitrogens with one attached hydrogen (secondary N) is 4. The Morgan fingerprint density at radius 1 is 0.917 bits per heavy atom. The van der Waals surface area contributed by atoms with Gasteiger partial charge in [-0.1, -0.05) is 40.6 Å². The first-order valence-corrected chi connectivity index (χ1v) is 12.0. The number of halogens is 2. The summed E-state index contributed by atoms with van der Waals surface area (Å²) in [5, 5.41) is 28.1. The van der Waals surface area contributed by atoms with Gasteiger partial charge in [0.15, 0.2) is 5.01 Å². The van der Waals surface area contributed by atoms with E-state index in [9.17, 15) is 14.7 Å². The van der Waals surface area contributed by atoms with Crippen molar-refractivity contribution in [2.45, 2.75) is 0 Å². The average molecular weight is 539 g/mol. The number of carbonyl (C=O) groups is 2. The van der Waals surface area contributed by atoms with Crippen LogP contribution in [0.25, 0.3) is 21.5 Å². The van der Waals surface area contributed by atoms with Gasteiger partial charge >= 0.3 is 6.03 Å². The van der Waals surface area contributed by atoms with E-state index in [1.54, 1.807) is 30.3 Å². The number of aromatic amines is 1. The maximum absolute atomic E-state index is 12.7. The van der Waals surface area contributed by atoms with Crippen molar-refractivity contribution in [2.24, 2.45) is 0 Å². The Kier molecular flexibility index (Phi) is 6.47. The van der Waals surface area contributed by atoms with Crippen molar-refractivity contribution in [3.8, 4) is 16.3 Å². The highest BCUT2D eigenvalue weighted by Gasteiger charge is 2.16. The third-order valence-electron chi connectivity index (χ3n) is 5.10. The molecule has 36 heavy (non-hydrogen) atoms. The Hall–Kier alpha value is -4.12. The molecule has 0 aliphatic heterocycles. The number of phenolic OH excluding ortho intramolecular Hbond substituents is 1. The molecule has 0 aliphatic carbocycles. The van der Waals surface area contributed by atoms with E-state index in [1.807, 2.05) is 24.4 Å². The largest absolute Gasteiger partial charge is 0.506 e. The summed E-state index contributed by atoms with van der Waals surface area (Å²) in [4.78, 5) is 28.3. The normalized spacial score (nSPS) is 10.8. The highest BCUT2D eigenvalue weighted by atomic mass is 35.5. The van der Waals surface area contributed by atoms with E-state index < -0.39 is 6.03 Å². The second-order valence-electron chi connectivity index (χ2n) is 7.59. The van der Waals surface area contributed by atoms with Crippen molar-refractivity contribution in [3.63, 3.8) is 0 Å². The fourth-order valence-corrected chi connectivity index (χ4v) is 4.69. The summed E-state index contributed by atoms with van der Waals surface area (Å²) >= 11 is 13.0. The monoisotopic (exact) mass is 538 g/mol. The SMILES string of the molecule is O=C(Nc1cccc(C(=O)Nc2ccc3[nH]ccc3c2)c1)Nc1nnc(-c2cc(Cl)cc(Cl)c2O)s1. The molecule has 0 aliphatic rings. The highest BCUT2D eigenvalue weighted by Crippen LogP contribution is 2.39. The molecule has 3 aromatic carbocycles. The lowest BCUT2D eigenvalue weighted by molar-refractivity contribution is 0.102. The quantitative estimate of drug-likeness (QED) is 0.172. The van der Waals surface area contributed by atoms with Gasteiger partial charge in [0.1, 0.15) is 5.75 Å². The molecule has 180 valence electrons. The number of H-pyrrole nitrogens is 1. The second-order valence-corrected chi connectivity index (χ2v) is 9.41. The number of nitrogens with zero attached hydrogens (tertiary/aromatic N) is 2. The van der Waals surface area contributed by atoms with Crippen LogP contribution in [-0.4, -0.2) is 32.2 Å². The number of hydrogen-bond acceptors (Lipinski definition) is 6. The minimum Gasteiger partial charge on any atom is -0.506 e. The summed E-state index contributed by atoms with van der Waals surface area (Å²) in [5.74, 6) is -0.501. The van der Waals surface area contributed by atoms with E-state index in [4.69, 9.17) is 23.2 Å². The van der Waals surface area contributed by atoms with Crippen LogP contribution in [-0.2, 0) is 0 Å². The van der Waals surface area contributed by atoms with Crippen LogP contribution in [0.4, 0.5) is 21.3 Å². The van der Waals surface area contributed by atoms with E-state index in [0.717, 1.165) is 22.2 Å². The molecule has 0 atom stereocenters. The molecule has 0 bridgehead atoms. The maximum Gasteiger partial charge on any atom is 0.325 e. The Bertz CT molecular complexity index is 1620. The molecule has 0 fully saturated rings. The zero-order valence-corrected chi connectivity index (χ0v) is 20.5.